The Morgan fingerprint density at radius 2 is 1.79 bits per heavy atom. The predicted molar refractivity (Wildman–Crippen MR) is 129 cm³/mol. The molecule has 0 atom stereocenters. The molecule has 0 bridgehead atoms. The maximum atomic E-state index is 13.0. The van der Waals surface area contributed by atoms with Crippen LogP contribution in [0.2, 0.25) is 0 Å². The lowest BCUT2D eigenvalue weighted by Gasteiger charge is -2.22. The Morgan fingerprint density at radius 3 is 2.38 bits per heavy atom. The zero-order valence-corrected chi connectivity index (χ0v) is 19.8. The second-order valence-corrected chi connectivity index (χ2v) is 9.38. The molecule has 0 saturated carbocycles. The average molecular weight is 484 g/mol. The summed E-state index contributed by atoms with van der Waals surface area (Å²) < 4.78 is 36.5. The van der Waals surface area contributed by atoms with E-state index in [0.29, 0.717) is 22.6 Å². The van der Waals surface area contributed by atoms with E-state index in [1.807, 2.05) is 13.0 Å². The molecule has 34 heavy (non-hydrogen) atoms. The number of Topliss-reactive ketones (excluding diaryl/α,β-unsaturated/α-hetero) is 1. The molecule has 0 spiro atoms. The summed E-state index contributed by atoms with van der Waals surface area (Å²) in [4.78, 5) is 24.8. The van der Waals surface area contributed by atoms with Crippen LogP contribution in [0.25, 0.3) is 11.3 Å². The maximum Gasteiger partial charge on any atom is 0.338 e. The van der Waals surface area contributed by atoms with Gasteiger partial charge in [0.2, 0.25) is 15.8 Å². The molecular weight excluding hydrogens is 458 g/mol. The Hall–Kier alpha value is -3.92. The standard InChI is InChI=1S/C24H25N3O6S/c1-4-32-24(29)18-10-8-17(9-11-18)21-12-13-22(33-21)23(26-25)20(28)15-27(34(3,30)31)19-7-5-6-16(2)14-19/h5-14H,4,15,25H2,1-3H3/b26-23-. The molecule has 1 aromatic heterocycles. The van der Waals surface area contributed by atoms with Crippen LogP contribution < -0.4 is 10.1 Å². The lowest BCUT2D eigenvalue weighted by Crippen LogP contribution is -2.38. The molecule has 9 nitrogen and oxygen atoms in total. The average Bonchev–Trinajstić information content (AvgIpc) is 3.27. The van der Waals surface area contributed by atoms with Gasteiger partial charge in [-0.05, 0) is 55.8 Å². The van der Waals surface area contributed by atoms with E-state index in [1.165, 1.54) is 6.07 Å². The number of hydrazone groups is 1. The Bertz CT molecular complexity index is 1330. The predicted octanol–water partition coefficient (Wildman–Crippen LogP) is 3.13. The highest BCUT2D eigenvalue weighted by Crippen LogP contribution is 2.24. The topological polar surface area (TPSA) is 132 Å². The summed E-state index contributed by atoms with van der Waals surface area (Å²) in [6.07, 6.45) is 1.02. The second-order valence-electron chi connectivity index (χ2n) is 7.47. The van der Waals surface area contributed by atoms with E-state index < -0.39 is 28.3 Å². The van der Waals surface area contributed by atoms with Gasteiger partial charge in [0.05, 0.1) is 30.7 Å². The lowest BCUT2D eigenvalue weighted by atomic mass is 10.1. The monoisotopic (exact) mass is 483 g/mol. The molecule has 0 aliphatic carbocycles. The van der Waals surface area contributed by atoms with Gasteiger partial charge in [0.15, 0.2) is 11.5 Å². The van der Waals surface area contributed by atoms with Crippen LogP contribution in [-0.4, -0.2) is 45.3 Å². The Labute approximate surface area is 197 Å². The van der Waals surface area contributed by atoms with Gasteiger partial charge in [-0.3, -0.25) is 9.10 Å². The molecule has 1 heterocycles. The fraction of sp³-hybridized carbons (Fsp3) is 0.208. The van der Waals surface area contributed by atoms with Gasteiger partial charge in [-0.25, -0.2) is 13.2 Å². The molecule has 3 aromatic rings. The first-order valence-corrected chi connectivity index (χ1v) is 12.2. The fourth-order valence-electron chi connectivity index (χ4n) is 3.27. The number of furan rings is 1. The number of hydrogen-bond acceptors (Lipinski definition) is 8. The van der Waals surface area contributed by atoms with E-state index in [9.17, 15) is 18.0 Å². The second kappa shape index (κ2) is 10.3. The zero-order valence-electron chi connectivity index (χ0n) is 19.0. The lowest BCUT2D eigenvalue weighted by molar-refractivity contribution is -0.111. The molecule has 10 heteroatoms. The Morgan fingerprint density at radius 1 is 1.09 bits per heavy atom. The van der Waals surface area contributed by atoms with Crippen molar-refractivity contribution in [1.29, 1.82) is 0 Å². The van der Waals surface area contributed by atoms with Gasteiger partial charge in [0.1, 0.15) is 5.76 Å². The molecule has 0 unspecified atom stereocenters. The zero-order chi connectivity index (χ0) is 24.9. The van der Waals surface area contributed by atoms with E-state index in [4.69, 9.17) is 15.0 Å². The molecule has 2 N–H and O–H groups in total. The third-order valence-electron chi connectivity index (χ3n) is 4.89. The number of benzene rings is 2. The first kappa shape index (κ1) is 24.7. The third-order valence-corrected chi connectivity index (χ3v) is 6.03. The number of ketones is 1. The van der Waals surface area contributed by atoms with E-state index in [-0.39, 0.29) is 18.1 Å². The number of carbonyl (C=O) groups is 2. The minimum Gasteiger partial charge on any atom is -0.462 e. The highest BCUT2D eigenvalue weighted by molar-refractivity contribution is 7.92. The first-order chi connectivity index (χ1) is 16.1. The van der Waals surface area contributed by atoms with Crippen LogP contribution in [0.1, 0.15) is 28.6 Å². The van der Waals surface area contributed by atoms with Crippen molar-refractivity contribution in [2.24, 2.45) is 10.9 Å². The highest BCUT2D eigenvalue weighted by Gasteiger charge is 2.26. The SMILES string of the molecule is CCOC(=O)c1ccc(-c2ccc(/C(=N\N)C(=O)CN(c3cccc(C)c3)S(C)(=O)=O)o2)cc1. The Balaban J connectivity index is 1.83. The van der Waals surface area contributed by atoms with Crippen molar-refractivity contribution in [1.82, 2.24) is 0 Å². The number of carbonyl (C=O) groups excluding carboxylic acids is 2. The summed E-state index contributed by atoms with van der Waals surface area (Å²) in [6.45, 7) is 3.33. The van der Waals surface area contributed by atoms with Crippen LogP contribution in [0.15, 0.2) is 70.2 Å². The van der Waals surface area contributed by atoms with Gasteiger partial charge in [0, 0.05) is 5.56 Å². The summed E-state index contributed by atoms with van der Waals surface area (Å²) >= 11 is 0. The molecule has 0 saturated heterocycles. The summed E-state index contributed by atoms with van der Waals surface area (Å²) in [5.74, 6) is 4.92. The van der Waals surface area contributed by atoms with Crippen molar-refractivity contribution < 1.29 is 27.2 Å². The van der Waals surface area contributed by atoms with Gasteiger partial charge in [-0.2, -0.15) is 5.10 Å². The summed E-state index contributed by atoms with van der Waals surface area (Å²) in [6, 6.07) is 16.5. The number of nitrogens with two attached hydrogens (primary N) is 1. The summed E-state index contributed by atoms with van der Waals surface area (Å²) in [5.41, 5.74) is 2.05. The van der Waals surface area contributed by atoms with Crippen molar-refractivity contribution in [2.75, 3.05) is 23.7 Å². The van der Waals surface area contributed by atoms with Crippen LogP contribution in [0.4, 0.5) is 5.69 Å². The number of aryl methyl sites for hydroxylation is 1. The van der Waals surface area contributed by atoms with E-state index in [1.54, 1.807) is 55.5 Å². The molecule has 0 fully saturated rings. The molecule has 0 amide bonds. The maximum absolute atomic E-state index is 13.0. The van der Waals surface area contributed by atoms with Crippen molar-refractivity contribution in [3.8, 4) is 11.3 Å². The van der Waals surface area contributed by atoms with Crippen LogP contribution in [-0.2, 0) is 19.6 Å². The van der Waals surface area contributed by atoms with Crippen LogP contribution in [0, 0.1) is 6.92 Å². The number of sulfonamides is 1. The third kappa shape index (κ3) is 5.70. The van der Waals surface area contributed by atoms with Crippen molar-refractivity contribution in [3.05, 3.63) is 77.6 Å². The normalized spacial score (nSPS) is 11.8. The molecule has 0 aliphatic heterocycles. The Kier molecular flexibility index (Phi) is 7.52. The molecule has 0 aliphatic rings. The molecule has 3 rings (SSSR count). The first-order valence-electron chi connectivity index (χ1n) is 10.4. The minimum absolute atomic E-state index is 0.0923. The smallest absolute Gasteiger partial charge is 0.338 e. The fourth-order valence-corrected chi connectivity index (χ4v) is 4.12. The van der Waals surface area contributed by atoms with Crippen molar-refractivity contribution in [3.63, 3.8) is 0 Å². The largest absolute Gasteiger partial charge is 0.462 e. The summed E-state index contributed by atoms with van der Waals surface area (Å²) in [7, 11) is -3.76. The van der Waals surface area contributed by atoms with E-state index in [0.717, 1.165) is 16.1 Å². The molecule has 178 valence electrons. The molecular formula is C24H25N3O6S. The molecule has 0 radical (unpaired) electrons. The summed E-state index contributed by atoms with van der Waals surface area (Å²) in [5, 5.41) is 3.56. The van der Waals surface area contributed by atoms with Gasteiger partial charge in [-0.15, -0.1) is 0 Å². The quantitative estimate of drug-likeness (QED) is 0.214. The van der Waals surface area contributed by atoms with Crippen molar-refractivity contribution in [2.45, 2.75) is 13.8 Å². The van der Waals surface area contributed by atoms with Crippen LogP contribution in [0.5, 0.6) is 0 Å². The number of ether oxygens (including phenoxy) is 1. The van der Waals surface area contributed by atoms with Crippen LogP contribution in [0.3, 0.4) is 0 Å². The number of anilines is 1. The van der Waals surface area contributed by atoms with Crippen molar-refractivity contribution >= 4 is 33.2 Å². The van der Waals surface area contributed by atoms with E-state index in [2.05, 4.69) is 5.10 Å². The van der Waals surface area contributed by atoms with Crippen LogP contribution >= 0.6 is 0 Å². The number of nitrogens with zero attached hydrogens (tertiary/aromatic N) is 2. The van der Waals surface area contributed by atoms with E-state index >= 15 is 0 Å². The van der Waals surface area contributed by atoms with Gasteiger partial charge in [-0.1, -0.05) is 24.3 Å². The van der Waals surface area contributed by atoms with Gasteiger partial charge < -0.3 is 15.0 Å². The highest BCUT2D eigenvalue weighted by atomic mass is 32.2. The number of hydrogen-bond donors (Lipinski definition) is 1. The number of rotatable bonds is 9. The molecule has 2 aromatic carbocycles. The van der Waals surface area contributed by atoms with Gasteiger partial charge in [0.25, 0.3) is 0 Å². The number of esters is 1. The minimum atomic E-state index is -3.76. The van der Waals surface area contributed by atoms with Gasteiger partial charge >= 0.3 is 5.97 Å².